The number of carbonyl (C=O) groups is 1. The zero-order valence-electron chi connectivity index (χ0n) is 12.5. The lowest BCUT2D eigenvalue weighted by Crippen LogP contribution is -2.42. The molecule has 0 radical (unpaired) electrons. The van der Waals surface area contributed by atoms with Crippen molar-refractivity contribution in [1.29, 1.82) is 0 Å². The molecule has 2 atom stereocenters. The third-order valence-corrected chi connectivity index (χ3v) is 3.75. The van der Waals surface area contributed by atoms with Gasteiger partial charge in [-0.3, -0.25) is 4.68 Å². The van der Waals surface area contributed by atoms with Crippen LogP contribution in [-0.4, -0.2) is 28.5 Å². The molecule has 3 heterocycles. The molecule has 0 spiro atoms. The van der Waals surface area contributed by atoms with Crippen LogP contribution in [0.5, 0.6) is 0 Å². The molecule has 0 aromatic carbocycles. The number of ether oxygens (including phenoxy) is 1. The second-order valence-corrected chi connectivity index (χ2v) is 5.27. The van der Waals surface area contributed by atoms with Crippen LogP contribution in [0.15, 0.2) is 35.4 Å². The van der Waals surface area contributed by atoms with E-state index in [0.717, 1.165) is 24.1 Å². The molecule has 118 valence electrons. The van der Waals surface area contributed by atoms with Gasteiger partial charge >= 0.3 is 6.03 Å². The summed E-state index contributed by atoms with van der Waals surface area (Å²) in [5.74, 6) is 0. The standard InChI is InChI=1S/C15H20N4O3/c1-2-19-9-12(8-17-19)14-13(4-6-22-14)18-15(20)16-7-11-3-5-21-10-11/h3,5,8-10,13-14H,2,4,6-7H2,1H3,(H2,16,18,20)/t13-,14+/m0/s1. The van der Waals surface area contributed by atoms with Gasteiger partial charge in [-0.2, -0.15) is 5.10 Å². The van der Waals surface area contributed by atoms with Crippen molar-refractivity contribution < 1.29 is 13.9 Å². The van der Waals surface area contributed by atoms with Crippen molar-refractivity contribution in [2.45, 2.75) is 38.6 Å². The molecule has 2 aromatic rings. The minimum Gasteiger partial charge on any atom is -0.472 e. The van der Waals surface area contributed by atoms with Crippen molar-refractivity contribution in [2.24, 2.45) is 0 Å². The molecule has 1 saturated heterocycles. The number of furan rings is 1. The van der Waals surface area contributed by atoms with Gasteiger partial charge in [-0.1, -0.05) is 0 Å². The number of nitrogens with zero attached hydrogens (tertiary/aromatic N) is 2. The first-order chi connectivity index (χ1) is 10.8. The summed E-state index contributed by atoms with van der Waals surface area (Å²) in [5, 5.41) is 10.0. The predicted octanol–water partition coefficient (Wildman–Crippen LogP) is 1.83. The van der Waals surface area contributed by atoms with E-state index >= 15 is 0 Å². The van der Waals surface area contributed by atoms with Gasteiger partial charge in [-0.15, -0.1) is 0 Å². The van der Waals surface area contributed by atoms with Crippen molar-refractivity contribution >= 4 is 6.03 Å². The number of amides is 2. The van der Waals surface area contributed by atoms with E-state index in [1.54, 1.807) is 18.7 Å². The summed E-state index contributed by atoms with van der Waals surface area (Å²) in [4.78, 5) is 12.0. The van der Waals surface area contributed by atoms with Crippen LogP contribution in [0.4, 0.5) is 4.79 Å². The highest BCUT2D eigenvalue weighted by Gasteiger charge is 2.31. The normalized spacial score (nSPS) is 21.0. The van der Waals surface area contributed by atoms with Crippen LogP contribution in [0.25, 0.3) is 0 Å². The molecule has 7 heteroatoms. The third-order valence-electron chi connectivity index (χ3n) is 3.75. The lowest BCUT2D eigenvalue weighted by atomic mass is 10.1. The number of carbonyl (C=O) groups excluding carboxylic acids is 1. The Kier molecular flexibility index (Phi) is 4.43. The SMILES string of the molecule is CCn1cc([C@H]2OCC[C@@H]2NC(=O)NCc2ccoc2)cn1. The van der Waals surface area contributed by atoms with Crippen molar-refractivity contribution in [3.8, 4) is 0 Å². The van der Waals surface area contributed by atoms with Crippen molar-refractivity contribution in [3.05, 3.63) is 42.1 Å². The second-order valence-electron chi connectivity index (χ2n) is 5.27. The fraction of sp³-hybridized carbons (Fsp3) is 0.467. The van der Waals surface area contributed by atoms with Crippen molar-refractivity contribution in [2.75, 3.05) is 6.61 Å². The molecule has 2 aromatic heterocycles. The van der Waals surface area contributed by atoms with E-state index in [1.807, 2.05) is 23.9 Å². The maximum absolute atomic E-state index is 12.0. The number of aromatic nitrogens is 2. The summed E-state index contributed by atoms with van der Waals surface area (Å²) in [6.45, 7) is 3.92. The molecule has 0 saturated carbocycles. The van der Waals surface area contributed by atoms with Gasteiger partial charge in [0.15, 0.2) is 0 Å². The van der Waals surface area contributed by atoms with Crippen LogP contribution >= 0.6 is 0 Å². The van der Waals surface area contributed by atoms with Crippen LogP contribution in [-0.2, 0) is 17.8 Å². The highest BCUT2D eigenvalue weighted by atomic mass is 16.5. The first-order valence-electron chi connectivity index (χ1n) is 7.45. The quantitative estimate of drug-likeness (QED) is 0.883. The van der Waals surface area contributed by atoms with E-state index in [1.165, 1.54) is 0 Å². The summed E-state index contributed by atoms with van der Waals surface area (Å²) >= 11 is 0. The first kappa shape index (κ1) is 14.6. The van der Waals surface area contributed by atoms with E-state index in [-0.39, 0.29) is 18.2 Å². The van der Waals surface area contributed by atoms with Gasteiger partial charge in [0.25, 0.3) is 0 Å². The monoisotopic (exact) mass is 304 g/mol. The largest absolute Gasteiger partial charge is 0.472 e. The molecule has 0 unspecified atom stereocenters. The topological polar surface area (TPSA) is 81.3 Å². The number of urea groups is 1. The van der Waals surface area contributed by atoms with Gasteiger partial charge in [0.05, 0.1) is 24.8 Å². The van der Waals surface area contributed by atoms with Gasteiger partial charge in [0.1, 0.15) is 6.10 Å². The van der Waals surface area contributed by atoms with Crippen molar-refractivity contribution in [3.63, 3.8) is 0 Å². The van der Waals surface area contributed by atoms with E-state index in [0.29, 0.717) is 13.2 Å². The minimum absolute atomic E-state index is 0.0427. The van der Waals surface area contributed by atoms with E-state index in [2.05, 4.69) is 15.7 Å². The molecular formula is C15H20N4O3. The Bertz CT molecular complexity index is 608. The summed E-state index contributed by atoms with van der Waals surface area (Å²) in [7, 11) is 0. The fourth-order valence-electron chi connectivity index (χ4n) is 2.56. The van der Waals surface area contributed by atoms with Gasteiger partial charge < -0.3 is 19.8 Å². The first-order valence-corrected chi connectivity index (χ1v) is 7.45. The zero-order chi connectivity index (χ0) is 15.4. The maximum atomic E-state index is 12.0. The minimum atomic E-state index is -0.204. The van der Waals surface area contributed by atoms with Gasteiger partial charge in [-0.05, 0) is 19.4 Å². The highest BCUT2D eigenvalue weighted by molar-refractivity contribution is 5.74. The maximum Gasteiger partial charge on any atom is 0.315 e. The molecule has 0 aliphatic carbocycles. The Morgan fingerprint density at radius 1 is 1.55 bits per heavy atom. The van der Waals surface area contributed by atoms with E-state index in [4.69, 9.17) is 9.15 Å². The second kappa shape index (κ2) is 6.65. The third kappa shape index (κ3) is 3.30. The molecule has 0 bridgehead atoms. The van der Waals surface area contributed by atoms with Crippen LogP contribution in [0.3, 0.4) is 0 Å². The zero-order valence-corrected chi connectivity index (χ0v) is 12.5. The number of nitrogens with one attached hydrogen (secondary N) is 2. The fourth-order valence-corrected chi connectivity index (χ4v) is 2.56. The Morgan fingerprint density at radius 2 is 2.45 bits per heavy atom. The van der Waals surface area contributed by atoms with Crippen LogP contribution in [0.2, 0.25) is 0 Å². The van der Waals surface area contributed by atoms with Crippen molar-refractivity contribution in [1.82, 2.24) is 20.4 Å². The lowest BCUT2D eigenvalue weighted by Gasteiger charge is -2.19. The molecule has 1 aliphatic rings. The van der Waals surface area contributed by atoms with Crippen LogP contribution in [0, 0.1) is 0 Å². The van der Waals surface area contributed by atoms with Gasteiger partial charge in [0.2, 0.25) is 0 Å². The number of rotatable bonds is 5. The molecule has 1 aliphatic heterocycles. The molecule has 2 N–H and O–H groups in total. The van der Waals surface area contributed by atoms with Gasteiger partial charge in [0, 0.05) is 37.0 Å². The smallest absolute Gasteiger partial charge is 0.315 e. The number of hydrogen-bond acceptors (Lipinski definition) is 4. The predicted molar refractivity (Wildman–Crippen MR) is 79.1 cm³/mol. The summed E-state index contributed by atoms with van der Waals surface area (Å²) in [5.41, 5.74) is 1.93. The Balaban J connectivity index is 1.55. The number of aryl methyl sites for hydroxylation is 1. The molecular weight excluding hydrogens is 284 g/mol. The molecule has 2 amide bonds. The van der Waals surface area contributed by atoms with Crippen LogP contribution < -0.4 is 10.6 Å². The summed E-state index contributed by atoms with van der Waals surface area (Å²) in [6.07, 6.45) is 7.62. The van der Waals surface area contributed by atoms with Gasteiger partial charge in [-0.25, -0.2) is 4.79 Å². The average Bonchev–Trinajstić information content (AvgIpc) is 3.26. The Labute approximate surface area is 128 Å². The molecule has 7 nitrogen and oxygen atoms in total. The molecule has 1 fully saturated rings. The molecule has 22 heavy (non-hydrogen) atoms. The summed E-state index contributed by atoms with van der Waals surface area (Å²) in [6, 6.07) is 1.57. The highest BCUT2D eigenvalue weighted by Crippen LogP contribution is 2.28. The Morgan fingerprint density at radius 3 is 3.18 bits per heavy atom. The lowest BCUT2D eigenvalue weighted by molar-refractivity contribution is 0.0998. The van der Waals surface area contributed by atoms with E-state index in [9.17, 15) is 4.79 Å². The van der Waals surface area contributed by atoms with Crippen LogP contribution in [0.1, 0.15) is 30.6 Å². The summed E-state index contributed by atoms with van der Waals surface area (Å²) < 4.78 is 12.6. The number of hydrogen-bond donors (Lipinski definition) is 2. The average molecular weight is 304 g/mol. The molecule has 3 rings (SSSR count). The Hall–Kier alpha value is -2.28. The van der Waals surface area contributed by atoms with E-state index < -0.39 is 0 Å².